The number of ether oxygens (including phenoxy) is 1. The zero-order chi connectivity index (χ0) is 22.5. The smallest absolute Gasteiger partial charge is 0.150 e. The molecule has 0 bridgehead atoms. The average molecular weight is 433 g/mol. The van der Waals surface area contributed by atoms with Crippen molar-refractivity contribution in [3.63, 3.8) is 0 Å². The molecular formula is C27H27FNO3. The zero-order valence-electron chi connectivity index (χ0n) is 17.9. The number of aliphatic hydroxyl groups is 1. The molecule has 32 heavy (non-hydrogen) atoms. The van der Waals surface area contributed by atoms with Gasteiger partial charge >= 0.3 is 0 Å². The van der Waals surface area contributed by atoms with E-state index in [1.807, 2.05) is 54.6 Å². The van der Waals surface area contributed by atoms with Gasteiger partial charge in [0.05, 0.1) is 12.6 Å². The van der Waals surface area contributed by atoms with Gasteiger partial charge in [-0.05, 0) is 60.3 Å². The maximum atomic E-state index is 14.6. The predicted octanol–water partition coefficient (Wildman–Crippen LogP) is 4.80. The molecule has 1 unspecified atom stereocenters. The van der Waals surface area contributed by atoms with Crippen LogP contribution in [0.25, 0.3) is 11.1 Å². The van der Waals surface area contributed by atoms with E-state index in [0.29, 0.717) is 11.3 Å². The lowest BCUT2D eigenvalue weighted by atomic mass is 9.89. The second-order valence-electron chi connectivity index (χ2n) is 8.02. The molecule has 2 atom stereocenters. The summed E-state index contributed by atoms with van der Waals surface area (Å²) in [5, 5.41) is 12.5. The maximum Gasteiger partial charge on any atom is 0.150 e. The van der Waals surface area contributed by atoms with Crippen LogP contribution < -0.4 is 10.1 Å². The second kappa shape index (κ2) is 10.1. The second-order valence-corrected chi connectivity index (χ2v) is 8.02. The molecule has 165 valence electrons. The van der Waals surface area contributed by atoms with Crippen molar-refractivity contribution in [1.29, 1.82) is 0 Å². The lowest BCUT2D eigenvalue weighted by molar-refractivity contribution is -0.120. The van der Waals surface area contributed by atoms with Crippen LogP contribution >= 0.6 is 0 Å². The van der Waals surface area contributed by atoms with Crippen LogP contribution in [-0.2, 0) is 18.0 Å². The quantitative estimate of drug-likeness (QED) is 0.537. The molecule has 4 rings (SSSR count). The summed E-state index contributed by atoms with van der Waals surface area (Å²) in [5.41, 5.74) is 4.00. The molecule has 0 aromatic heterocycles. The molecule has 2 N–H and O–H groups in total. The number of carbonyl (C=O) groups excluding carboxylic acids is 1. The van der Waals surface area contributed by atoms with Crippen LogP contribution in [0.3, 0.4) is 0 Å². The third kappa shape index (κ3) is 4.74. The van der Waals surface area contributed by atoms with Crippen LogP contribution in [0.5, 0.6) is 5.75 Å². The summed E-state index contributed by atoms with van der Waals surface area (Å²) >= 11 is 0. The number of halogens is 1. The Labute approximate surface area is 188 Å². The summed E-state index contributed by atoms with van der Waals surface area (Å²) < 4.78 is 20.6. The highest BCUT2D eigenvalue weighted by Gasteiger charge is 2.32. The van der Waals surface area contributed by atoms with Gasteiger partial charge in [-0.3, -0.25) is 4.79 Å². The fourth-order valence-corrected chi connectivity index (χ4v) is 4.29. The monoisotopic (exact) mass is 432 g/mol. The van der Waals surface area contributed by atoms with Crippen molar-refractivity contribution in [3.8, 4) is 16.9 Å². The van der Waals surface area contributed by atoms with E-state index in [1.54, 1.807) is 6.07 Å². The SMILES string of the molecule is [CH2]CC(=O)[C@H]1NCCC1c1ccc(OCc2c(F)cccc2-c2ccc(CO)cc2)cc1. The fourth-order valence-electron chi connectivity index (χ4n) is 4.29. The first-order valence-corrected chi connectivity index (χ1v) is 10.9. The molecule has 3 aromatic rings. The molecule has 0 aliphatic carbocycles. The number of benzene rings is 3. The minimum Gasteiger partial charge on any atom is -0.489 e. The molecule has 5 heteroatoms. The molecule has 0 spiro atoms. The summed E-state index contributed by atoms with van der Waals surface area (Å²) in [7, 11) is 0. The lowest BCUT2D eigenvalue weighted by Gasteiger charge is -2.19. The summed E-state index contributed by atoms with van der Waals surface area (Å²) in [6.07, 6.45) is 1.19. The zero-order valence-corrected chi connectivity index (χ0v) is 17.9. The highest BCUT2D eigenvalue weighted by Crippen LogP contribution is 2.31. The van der Waals surface area contributed by atoms with E-state index in [2.05, 4.69) is 12.2 Å². The largest absolute Gasteiger partial charge is 0.489 e. The number of carbonyl (C=O) groups is 1. The van der Waals surface area contributed by atoms with Crippen LogP contribution in [0.15, 0.2) is 66.7 Å². The van der Waals surface area contributed by atoms with Crippen molar-refractivity contribution >= 4 is 5.78 Å². The Morgan fingerprint density at radius 3 is 2.53 bits per heavy atom. The van der Waals surface area contributed by atoms with Crippen molar-refractivity contribution < 1.29 is 19.0 Å². The summed E-state index contributed by atoms with van der Waals surface area (Å²) in [6, 6.07) is 19.9. The number of nitrogens with one attached hydrogen (secondary N) is 1. The van der Waals surface area contributed by atoms with Gasteiger partial charge in [0, 0.05) is 17.9 Å². The standard InChI is InChI=1S/C27H27FNO3/c1-2-26(31)27-23(14-15-29-27)20-10-12-21(13-11-20)32-17-24-22(4-3-5-25(24)28)19-8-6-18(16-30)7-9-19/h3-13,23,27,29-30H,1-2,14-17H2/t23?,27-/m0/s1. The topological polar surface area (TPSA) is 58.6 Å². The first-order valence-electron chi connectivity index (χ1n) is 10.9. The van der Waals surface area contributed by atoms with E-state index in [-0.39, 0.29) is 43.2 Å². The Morgan fingerprint density at radius 1 is 1.09 bits per heavy atom. The van der Waals surface area contributed by atoms with Gasteiger partial charge in [-0.25, -0.2) is 4.39 Å². The van der Waals surface area contributed by atoms with Crippen molar-refractivity contribution in [1.82, 2.24) is 5.32 Å². The number of Topliss-reactive ketones (excluding diaryl/α,β-unsaturated/α-hetero) is 1. The summed E-state index contributed by atoms with van der Waals surface area (Å²) in [4.78, 5) is 12.1. The highest BCUT2D eigenvalue weighted by atomic mass is 19.1. The van der Waals surface area contributed by atoms with Gasteiger partial charge < -0.3 is 15.2 Å². The van der Waals surface area contributed by atoms with Crippen molar-refractivity contribution in [3.05, 3.63) is 96.2 Å². The Bertz CT molecular complexity index is 1060. The predicted molar refractivity (Wildman–Crippen MR) is 123 cm³/mol. The first-order chi connectivity index (χ1) is 15.6. The molecule has 0 saturated carbocycles. The van der Waals surface area contributed by atoms with E-state index in [0.717, 1.165) is 35.2 Å². The molecule has 0 amide bonds. The molecular weight excluding hydrogens is 405 g/mol. The van der Waals surface area contributed by atoms with Crippen LogP contribution in [0.2, 0.25) is 0 Å². The molecule has 1 aliphatic rings. The van der Waals surface area contributed by atoms with Gasteiger partial charge in [0.2, 0.25) is 0 Å². The number of hydrogen-bond acceptors (Lipinski definition) is 4. The van der Waals surface area contributed by atoms with E-state index in [1.165, 1.54) is 6.07 Å². The van der Waals surface area contributed by atoms with E-state index < -0.39 is 0 Å². The van der Waals surface area contributed by atoms with E-state index in [4.69, 9.17) is 4.74 Å². The molecule has 1 radical (unpaired) electrons. The third-order valence-corrected chi connectivity index (χ3v) is 6.07. The molecule has 4 nitrogen and oxygen atoms in total. The van der Waals surface area contributed by atoms with Crippen molar-refractivity contribution in [2.75, 3.05) is 6.54 Å². The number of aliphatic hydroxyl groups excluding tert-OH is 1. The van der Waals surface area contributed by atoms with Crippen LogP contribution in [-0.4, -0.2) is 23.5 Å². The molecule has 1 aliphatic heterocycles. The van der Waals surface area contributed by atoms with Gasteiger partial charge in [-0.15, -0.1) is 0 Å². The van der Waals surface area contributed by atoms with Gasteiger partial charge in [0.25, 0.3) is 0 Å². The van der Waals surface area contributed by atoms with E-state index in [9.17, 15) is 14.3 Å². The fraction of sp³-hybridized carbons (Fsp3) is 0.259. The third-order valence-electron chi connectivity index (χ3n) is 6.07. The number of ketones is 1. The number of rotatable bonds is 8. The first kappa shape index (κ1) is 22.2. The maximum absolute atomic E-state index is 14.6. The Morgan fingerprint density at radius 2 is 1.84 bits per heavy atom. The minimum absolute atomic E-state index is 0.0312. The van der Waals surface area contributed by atoms with Crippen LogP contribution in [0.1, 0.15) is 35.4 Å². The Hall–Kier alpha value is -3.02. The number of hydrogen-bond donors (Lipinski definition) is 2. The van der Waals surface area contributed by atoms with Crippen molar-refractivity contribution in [2.24, 2.45) is 0 Å². The van der Waals surface area contributed by atoms with Gasteiger partial charge in [0.15, 0.2) is 0 Å². The van der Waals surface area contributed by atoms with Gasteiger partial charge in [-0.1, -0.05) is 48.5 Å². The normalized spacial score (nSPS) is 18.0. The molecule has 3 aromatic carbocycles. The summed E-state index contributed by atoms with van der Waals surface area (Å²) in [6.45, 7) is 4.60. The van der Waals surface area contributed by atoms with Crippen LogP contribution in [0, 0.1) is 12.7 Å². The van der Waals surface area contributed by atoms with E-state index >= 15 is 0 Å². The van der Waals surface area contributed by atoms with Gasteiger partial charge in [-0.2, -0.15) is 0 Å². The van der Waals surface area contributed by atoms with Crippen molar-refractivity contribution in [2.45, 2.75) is 38.0 Å². The van der Waals surface area contributed by atoms with Gasteiger partial charge in [0.1, 0.15) is 24.0 Å². The molecule has 1 heterocycles. The average Bonchev–Trinajstić information content (AvgIpc) is 3.33. The molecule has 1 saturated heterocycles. The molecule has 1 fully saturated rings. The summed E-state index contributed by atoms with van der Waals surface area (Å²) in [5.74, 6) is 0.590. The minimum atomic E-state index is -0.322. The Kier molecular flexibility index (Phi) is 6.98. The highest BCUT2D eigenvalue weighted by molar-refractivity contribution is 5.86. The lowest BCUT2D eigenvalue weighted by Crippen LogP contribution is -2.34. The van der Waals surface area contributed by atoms with Crippen LogP contribution in [0.4, 0.5) is 4.39 Å². The Balaban J connectivity index is 1.49.